The van der Waals surface area contributed by atoms with Crippen LogP contribution in [0.5, 0.6) is 5.75 Å². The summed E-state index contributed by atoms with van der Waals surface area (Å²) < 4.78 is 44.2. The lowest BCUT2D eigenvalue weighted by atomic mass is 9.89. The lowest BCUT2D eigenvalue weighted by molar-refractivity contribution is -0.144. The number of carbonyl (C=O) groups excluding carboxylic acids is 4. The molecule has 220 valence electrons. The zero-order valence-electron chi connectivity index (χ0n) is 22.9. The van der Waals surface area contributed by atoms with Crippen molar-refractivity contribution in [1.82, 2.24) is 10.6 Å². The third kappa shape index (κ3) is 11.2. The number of Topliss-reactive ketones (excluding diaryl/α,β-unsaturated/α-hetero) is 2. The molecule has 0 radical (unpaired) electrons. The second-order valence-corrected chi connectivity index (χ2v) is 10.2. The number of amides is 2. The van der Waals surface area contributed by atoms with Crippen molar-refractivity contribution in [2.75, 3.05) is 6.61 Å². The molecule has 0 saturated heterocycles. The molecule has 0 aliphatic carbocycles. The highest BCUT2D eigenvalue weighted by atomic mass is 19.4. The van der Waals surface area contributed by atoms with Crippen molar-refractivity contribution in [3.63, 3.8) is 0 Å². The van der Waals surface area contributed by atoms with Gasteiger partial charge in [-0.3, -0.25) is 19.2 Å². The molecular formula is C31H35F3N2O5. The molecule has 0 fully saturated rings. The lowest BCUT2D eigenvalue weighted by Gasteiger charge is -2.24. The zero-order chi connectivity index (χ0) is 29.8. The van der Waals surface area contributed by atoms with Crippen molar-refractivity contribution in [3.8, 4) is 5.75 Å². The van der Waals surface area contributed by atoms with Gasteiger partial charge in [-0.05, 0) is 48.9 Å². The van der Waals surface area contributed by atoms with Gasteiger partial charge in [0.1, 0.15) is 12.4 Å². The molecular weight excluding hydrogens is 537 g/mol. The maximum absolute atomic E-state index is 13.5. The van der Waals surface area contributed by atoms with E-state index in [1.165, 1.54) is 6.92 Å². The standard InChI is InChI=1S/C31H35F3N2O5/c1-21(37)35-27-19-23-10-7-11-25(18-23)41-17-6-5-12-26(28(38)15-16-31(32,33)34)36-30(40)24(20-29(27)39)14-13-22-8-3-2-4-9-22/h2-11,18,24,26-27H,12-17,19-20H2,1H3,(H,35,37)(H,36,40)/b6-5+/t24-,26+,27+/m1/s1. The first-order valence-corrected chi connectivity index (χ1v) is 13.6. The fourth-order valence-corrected chi connectivity index (χ4v) is 4.63. The van der Waals surface area contributed by atoms with Gasteiger partial charge in [-0.1, -0.05) is 54.6 Å². The number of alkyl halides is 3. The Bertz CT molecular complexity index is 1230. The third-order valence-electron chi connectivity index (χ3n) is 6.79. The highest BCUT2D eigenvalue weighted by Gasteiger charge is 2.32. The van der Waals surface area contributed by atoms with Gasteiger partial charge in [0.25, 0.3) is 0 Å². The largest absolute Gasteiger partial charge is 0.490 e. The Kier molecular flexibility index (Phi) is 11.7. The predicted octanol–water partition coefficient (Wildman–Crippen LogP) is 4.68. The van der Waals surface area contributed by atoms with Gasteiger partial charge >= 0.3 is 6.18 Å². The molecule has 0 unspecified atom stereocenters. The van der Waals surface area contributed by atoms with Gasteiger partial charge < -0.3 is 15.4 Å². The maximum Gasteiger partial charge on any atom is 0.389 e. The van der Waals surface area contributed by atoms with Crippen molar-refractivity contribution in [1.29, 1.82) is 0 Å². The monoisotopic (exact) mass is 572 g/mol. The molecule has 1 aliphatic heterocycles. The molecule has 3 rings (SSSR count). The zero-order valence-corrected chi connectivity index (χ0v) is 22.9. The molecule has 7 nitrogen and oxygen atoms in total. The van der Waals surface area contributed by atoms with Crippen LogP contribution in [0.4, 0.5) is 13.2 Å². The summed E-state index contributed by atoms with van der Waals surface area (Å²) in [6.07, 6.45) is -2.72. The highest BCUT2D eigenvalue weighted by Crippen LogP contribution is 2.23. The quantitative estimate of drug-likeness (QED) is 0.470. The third-order valence-corrected chi connectivity index (χ3v) is 6.79. The van der Waals surface area contributed by atoms with E-state index in [2.05, 4.69) is 10.6 Å². The number of carbonyl (C=O) groups is 4. The number of ketones is 2. The Morgan fingerprint density at radius 2 is 1.78 bits per heavy atom. The van der Waals surface area contributed by atoms with Crippen LogP contribution >= 0.6 is 0 Å². The van der Waals surface area contributed by atoms with Gasteiger partial charge in [-0.15, -0.1) is 0 Å². The summed E-state index contributed by atoms with van der Waals surface area (Å²) in [6, 6.07) is 14.3. The predicted molar refractivity (Wildman–Crippen MR) is 147 cm³/mol. The summed E-state index contributed by atoms with van der Waals surface area (Å²) in [4.78, 5) is 51.7. The summed E-state index contributed by atoms with van der Waals surface area (Å²) >= 11 is 0. The van der Waals surface area contributed by atoms with Crippen LogP contribution in [0, 0.1) is 5.92 Å². The minimum atomic E-state index is -4.51. The van der Waals surface area contributed by atoms with Gasteiger partial charge in [0.05, 0.1) is 18.5 Å². The molecule has 1 aliphatic rings. The van der Waals surface area contributed by atoms with Crippen molar-refractivity contribution in [2.24, 2.45) is 5.92 Å². The summed E-state index contributed by atoms with van der Waals surface area (Å²) in [6.45, 7) is 1.42. The molecule has 2 amide bonds. The van der Waals surface area contributed by atoms with Crippen LogP contribution in [0.25, 0.3) is 0 Å². The van der Waals surface area contributed by atoms with E-state index in [9.17, 15) is 32.3 Å². The minimum Gasteiger partial charge on any atom is -0.490 e. The topological polar surface area (TPSA) is 102 Å². The van der Waals surface area contributed by atoms with Crippen LogP contribution in [0.3, 0.4) is 0 Å². The molecule has 2 N–H and O–H groups in total. The highest BCUT2D eigenvalue weighted by molar-refractivity contribution is 5.94. The first kappa shape index (κ1) is 31.6. The van der Waals surface area contributed by atoms with Gasteiger partial charge in [0.15, 0.2) is 11.6 Å². The van der Waals surface area contributed by atoms with Crippen LogP contribution < -0.4 is 15.4 Å². The average molecular weight is 573 g/mol. The van der Waals surface area contributed by atoms with Crippen LogP contribution in [0.1, 0.15) is 50.2 Å². The SMILES string of the molecule is CC(=O)N[C@H]1Cc2cccc(c2)OC/C=C/C[C@@H](C(=O)CCC(F)(F)F)NC(=O)[C@H](CCc2ccccc2)CC1=O. The van der Waals surface area contributed by atoms with E-state index >= 15 is 0 Å². The fraction of sp³-hybridized carbons (Fsp3) is 0.419. The van der Waals surface area contributed by atoms with Gasteiger partial charge in [0, 0.05) is 25.7 Å². The molecule has 3 atom stereocenters. The van der Waals surface area contributed by atoms with E-state index < -0.39 is 54.6 Å². The number of aryl methyl sites for hydroxylation is 1. The Hall–Kier alpha value is -3.95. The second kappa shape index (κ2) is 15.2. The number of halogens is 3. The normalized spacial score (nSPS) is 21.3. The first-order valence-electron chi connectivity index (χ1n) is 13.6. The number of hydrogen-bond acceptors (Lipinski definition) is 5. The first-order chi connectivity index (χ1) is 19.5. The molecule has 41 heavy (non-hydrogen) atoms. The number of fused-ring (bicyclic) bond motifs is 2. The summed E-state index contributed by atoms with van der Waals surface area (Å²) in [7, 11) is 0. The lowest BCUT2D eigenvalue weighted by Crippen LogP contribution is -2.46. The van der Waals surface area contributed by atoms with Crippen molar-refractivity contribution < 1.29 is 37.1 Å². The summed E-state index contributed by atoms with van der Waals surface area (Å²) in [5, 5.41) is 5.29. The maximum atomic E-state index is 13.5. The molecule has 0 saturated carbocycles. The van der Waals surface area contributed by atoms with E-state index in [0.29, 0.717) is 12.2 Å². The van der Waals surface area contributed by atoms with E-state index in [1.807, 2.05) is 36.4 Å². The molecule has 10 heteroatoms. The summed E-state index contributed by atoms with van der Waals surface area (Å²) in [5.74, 6) is -2.47. The second-order valence-electron chi connectivity index (χ2n) is 10.2. The Labute approximate surface area is 237 Å². The van der Waals surface area contributed by atoms with E-state index in [1.54, 1.807) is 30.4 Å². The smallest absolute Gasteiger partial charge is 0.389 e. The molecule has 0 aromatic heterocycles. The average Bonchev–Trinajstić information content (AvgIpc) is 2.92. The van der Waals surface area contributed by atoms with Crippen LogP contribution in [-0.2, 0) is 32.0 Å². The number of rotatable bonds is 7. The van der Waals surface area contributed by atoms with Crippen LogP contribution in [0.2, 0.25) is 0 Å². The number of nitrogens with one attached hydrogen (secondary N) is 2. The Balaban J connectivity index is 1.91. The van der Waals surface area contributed by atoms with Crippen LogP contribution in [0.15, 0.2) is 66.7 Å². The van der Waals surface area contributed by atoms with E-state index in [0.717, 1.165) is 11.1 Å². The Morgan fingerprint density at radius 1 is 1.02 bits per heavy atom. The van der Waals surface area contributed by atoms with Gasteiger partial charge in [-0.25, -0.2) is 0 Å². The van der Waals surface area contributed by atoms with E-state index in [4.69, 9.17) is 4.74 Å². The number of ether oxygens (including phenoxy) is 1. The molecule has 0 spiro atoms. The van der Waals surface area contributed by atoms with Crippen molar-refractivity contribution in [2.45, 2.75) is 70.1 Å². The number of hydrogen-bond donors (Lipinski definition) is 2. The number of benzene rings is 2. The van der Waals surface area contributed by atoms with Gasteiger partial charge in [0.2, 0.25) is 11.8 Å². The molecule has 2 bridgehead atoms. The molecule has 1 heterocycles. The fourth-order valence-electron chi connectivity index (χ4n) is 4.63. The van der Waals surface area contributed by atoms with Gasteiger partial charge in [-0.2, -0.15) is 13.2 Å². The van der Waals surface area contributed by atoms with Crippen LogP contribution in [-0.4, -0.2) is 48.2 Å². The van der Waals surface area contributed by atoms with Crippen molar-refractivity contribution in [3.05, 3.63) is 77.9 Å². The minimum absolute atomic E-state index is 0.0281. The van der Waals surface area contributed by atoms with Crippen molar-refractivity contribution >= 4 is 23.4 Å². The Morgan fingerprint density at radius 3 is 2.49 bits per heavy atom. The van der Waals surface area contributed by atoms with E-state index in [-0.39, 0.29) is 38.1 Å². The molecule has 2 aromatic rings. The summed E-state index contributed by atoms with van der Waals surface area (Å²) in [5.41, 5.74) is 1.70. The molecule has 2 aromatic carbocycles.